The van der Waals surface area contributed by atoms with E-state index >= 15 is 0 Å². The van der Waals surface area contributed by atoms with Gasteiger partial charge in [-0.15, -0.1) is 0 Å². The molecule has 3 nitrogen and oxygen atoms in total. The van der Waals surface area contributed by atoms with Crippen LogP contribution in [0.4, 0.5) is 0 Å². The molecule has 0 unspecified atom stereocenters. The lowest BCUT2D eigenvalue weighted by Gasteiger charge is -2.12. The summed E-state index contributed by atoms with van der Waals surface area (Å²) < 4.78 is 5.91. The maximum absolute atomic E-state index is 6.18. The number of aromatic nitrogens is 1. The molecule has 0 aliphatic heterocycles. The molecule has 0 amide bonds. The van der Waals surface area contributed by atoms with E-state index in [0.717, 1.165) is 23.3 Å². The van der Waals surface area contributed by atoms with Crippen molar-refractivity contribution in [1.29, 1.82) is 0 Å². The molecule has 0 fully saturated rings. The summed E-state index contributed by atoms with van der Waals surface area (Å²) in [5, 5.41) is 4.00. The van der Waals surface area contributed by atoms with Crippen molar-refractivity contribution in [2.75, 3.05) is 0 Å². The van der Waals surface area contributed by atoms with Gasteiger partial charge in [-0.25, -0.2) is 4.98 Å². The normalized spacial score (nSPS) is 10.9. The Morgan fingerprint density at radius 2 is 2.00 bits per heavy atom. The van der Waals surface area contributed by atoms with Gasteiger partial charge in [0, 0.05) is 24.8 Å². The lowest BCUT2D eigenvalue weighted by Crippen LogP contribution is -2.22. The fraction of sp³-hybridized carbons (Fsp3) is 0.353. The molecule has 2 rings (SSSR count). The number of nitrogens with zero attached hydrogens (tertiary/aromatic N) is 1. The summed E-state index contributed by atoms with van der Waals surface area (Å²) in [6, 6.07) is 10.3. The monoisotopic (exact) mass is 304 g/mol. The highest BCUT2D eigenvalue weighted by Gasteiger charge is 2.08. The molecule has 0 radical (unpaired) electrons. The Bertz CT molecular complexity index is 599. The Kier molecular flexibility index (Phi) is 5.59. The highest BCUT2D eigenvalue weighted by atomic mass is 35.5. The molecule has 1 N–H and O–H groups in total. The molecule has 0 saturated heterocycles. The van der Waals surface area contributed by atoms with Crippen molar-refractivity contribution in [2.45, 2.75) is 39.8 Å². The van der Waals surface area contributed by atoms with Crippen molar-refractivity contribution in [2.24, 2.45) is 0 Å². The fourth-order valence-electron chi connectivity index (χ4n) is 1.97. The number of benzene rings is 1. The molecule has 0 spiro atoms. The van der Waals surface area contributed by atoms with E-state index in [1.54, 1.807) is 6.20 Å². The molecular formula is C17H21ClN2O. The van der Waals surface area contributed by atoms with Crippen LogP contribution in [0.3, 0.4) is 0 Å². The molecule has 4 heteroatoms. The topological polar surface area (TPSA) is 34.1 Å². The van der Waals surface area contributed by atoms with Crippen molar-refractivity contribution in [3.8, 4) is 11.6 Å². The van der Waals surface area contributed by atoms with Crippen LogP contribution in [0.5, 0.6) is 11.6 Å². The highest BCUT2D eigenvalue weighted by Crippen LogP contribution is 2.26. The van der Waals surface area contributed by atoms with Crippen LogP contribution in [0.25, 0.3) is 0 Å². The van der Waals surface area contributed by atoms with Gasteiger partial charge < -0.3 is 10.1 Å². The van der Waals surface area contributed by atoms with E-state index in [-0.39, 0.29) is 0 Å². The summed E-state index contributed by atoms with van der Waals surface area (Å²) in [5.74, 6) is 1.42. The molecule has 112 valence electrons. The van der Waals surface area contributed by atoms with Crippen molar-refractivity contribution >= 4 is 11.6 Å². The van der Waals surface area contributed by atoms with E-state index in [1.165, 1.54) is 0 Å². The predicted molar refractivity (Wildman–Crippen MR) is 87.1 cm³/mol. The van der Waals surface area contributed by atoms with Gasteiger partial charge in [-0.05, 0) is 23.6 Å². The quantitative estimate of drug-likeness (QED) is 0.847. The zero-order valence-corrected chi connectivity index (χ0v) is 13.4. The second kappa shape index (κ2) is 7.43. The Morgan fingerprint density at radius 3 is 2.71 bits per heavy atom. The van der Waals surface area contributed by atoms with Gasteiger partial charge >= 0.3 is 0 Å². The molecular weight excluding hydrogens is 284 g/mol. The molecule has 0 bridgehead atoms. The minimum Gasteiger partial charge on any atom is -0.439 e. The minimum absolute atomic E-state index is 0.402. The largest absolute Gasteiger partial charge is 0.439 e. The van der Waals surface area contributed by atoms with E-state index in [0.29, 0.717) is 23.5 Å². The Hall–Kier alpha value is -1.58. The first-order chi connectivity index (χ1) is 10.1. The fourth-order valence-corrected chi connectivity index (χ4v) is 2.14. The first-order valence-electron chi connectivity index (χ1n) is 7.23. The van der Waals surface area contributed by atoms with Gasteiger partial charge in [0.1, 0.15) is 5.75 Å². The zero-order chi connectivity index (χ0) is 15.2. The van der Waals surface area contributed by atoms with E-state index in [2.05, 4.69) is 37.1 Å². The Labute approximate surface area is 131 Å². The minimum atomic E-state index is 0.402. The summed E-state index contributed by atoms with van der Waals surface area (Å²) in [6.07, 6.45) is 2.56. The van der Waals surface area contributed by atoms with Crippen LogP contribution in [0, 0.1) is 0 Å². The van der Waals surface area contributed by atoms with Crippen LogP contribution in [0.2, 0.25) is 5.02 Å². The highest BCUT2D eigenvalue weighted by molar-refractivity contribution is 6.31. The van der Waals surface area contributed by atoms with Gasteiger partial charge in [0.05, 0.1) is 5.02 Å². The lowest BCUT2D eigenvalue weighted by atomic mass is 10.1. The third-order valence-electron chi connectivity index (χ3n) is 3.18. The number of pyridine rings is 1. The SMILES string of the molecule is CCc1ccccc1Oc1cc(CNC(C)C)c(Cl)cn1. The van der Waals surface area contributed by atoms with Crippen LogP contribution in [-0.4, -0.2) is 11.0 Å². The van der Waals surface area contributed by atoms with Gasteiger partial charge in [0.15, 0.2) is 0 Å². The van der Waals surface area contributed by atoms with Gasteiger partial charge in [0.25, 0.3) is 0 Å². The molecule has 0 aliphatic rings. The van der Waals surface area contributed by atoms with Crippen LogP contribution < -0.4 is 10.1 Å². The zero-order valence-electron chi connectivity index (χ0n) is 12.7. The smallest absolute Gasteiger partial charge is 0.219 e. The molecule has 0 aliphatic carbocycles. The van der Waals surface area contributed by atoms with Crippen molar-refractivity contribution < 1.29 is 4.74 Å². The number of ether oxygens (including phenoxy) is 1. The van der Waals surface area contributed by atoms with Gasteiger partial charge in [-0.1, -0.05) is 50.6 Å². The third-order valence-corrected chi connectivity index (χ3v) is 3.52. The van der Waals surface area contributed by atoms with E-state index < -0.39 is 0 Å². The third kappa shape index (κ3) is 4.45. The molecule has 2 aromatic rings. The average Bonchev–Trinajstić information content (AvgIpc) is 2.48. The number of halogens is 1. The molecule has 0 saturated carbocycles. The summed E-state index contributed by atoms with van der Waals surface area (Å²) in [6.45, 7) is 7.01. The van der Waals surface area contributed by atoms with Gasteiger partial charge in [-0.3, -0.25) is 0 Å². The predicted octanol–water partition coefficient (Wildman–Crippen LogP) is 4.59. The second-order valence-corrected chi connectivity index (χ2v) is 5.62. The number of rotatable bonds is 6. The maximum Gasteiger partial charge on any atom is 0.219 e. The lowest BCUT2D eigenvalue weighted by molar-refractivity contribution is 0.456. The number of hydrogen-bond acceptors (Lipinski definition) is 3. The van der Waals surface area contributed by atoms with Gasteiger partial charge in [0.2, 0.25) is 5.88 Å². The molecule has 1 heterocycles. The second-order valence-electron chi connectivity index (χ2n) is 5.21. The standard InChI is InChI=1S/C17H21ClN2O/c1-4-13-7-5-6-8-16(13)21-17-9-14(10-19-12(2)3)15(18)11-20-17/h5-9,11-12,19H,4,10H2,1-3H3. The van der Waals surface area contributed by atoms with Crippen LogP contribution in [0.15, 0.2) is 36.5 Å². The maximum atomic E-state index is 6.18. The van der Waals surface area contributed by atoms with Crippen LogP contribution in [-0.2, 0) is 13.0 Å². The summed E-state index contributed by atoms with van der Waals surface area (Å²) in [5.41, 5.74) is 2.15. The van der Waals surface area contributed by atoms with E-state index in [1.807, 2.05) is 24.3 Å². The Balaban J connectivity index is 2.18. The molecule has 1 aromatic carbocycles. The summed E-state index contributed by atoms with van der Waals surface area (Å²) in [7, 11) is 0. The van der Waals surface area contributed by atoms with Crippen LogP contribution >= 0.6 is 11.6 Å². The number of para-hydroxylation sites is 1. The van der Waals surface area contributed by atoms with E-state index in [4.69, 9.17) is 16.3 Å². The number of hydrogen-bond donors (Lipinski definition) is 1. The van der Waals surface area contributed by atoms with E-state index in [9.17, 15) is 0 Å². The first kappa shape index (κ1) is 15.8. The van der Waals surface area contributed by atoms with Crippen LogP contribution in [0.1, 0.15) is 31.9 Å². The molecule has 0 atom stereocenters. The Morgan fingerprint density at radius 1 is 1.24 bits per heavy atom. The number of aryl methyl sites for hydroxylation is 1. The van der Waals surface area contributed by atoms with Crippen molar-refractivity contribution in [1.82, 2.24) is 10.3 Å². The molecule has 21 heavy (non-hydrogen) atoms. The van der Waals surface area contributed by atoms with Crippen molar-refractivity contribution in [3.63, 3.8) is 0 Å². The average molecular weight is 305 g/mol. The first-order valence-corrected chi connectivity index (χ1v) is 7.61. The van der Waals surface area contributed by atoms with Crippen molar-refractivity contribution in [3.05, 3.63) is 52.7 Å². The number of nitrogens with one attached hydrogen (secondary N) is 1. The summed E-state index contributed by atoms with van der Waals surface area (Å²) in [4.78, 5) is 4.25. The molecule has 1 aromatic heterocycles. The van der Waals surface area contributed by atoms with Gasteiger partial charge in [-0.2, -0.15) is 0 Å². The summed E-state index contributed by atoms with van der Waals surface area (Å²) >= 11 is 6.18.